The number of hydrogen-bond acceptors (Lipinski definition) is 6. The molecule has 0 radical (unpaired) electrons. The molecule has 136 valence electrons. The smallest absolute Gasteiger partial charge is 0.250 e. The molecule has 2 aromatic carbocycles. The van der Waals surface area contributed by atoms with E-state index in [4.69, 9.17) is 20.8 Å². The Bertz CT molecular complexity index is 1040. The first-order valence-electron chi connectivity index (χ1n) is 7.31. The molecule has 0 bridgehead atoms. The van der Waals surface area contributed by atoms with Crippen molar-refractivity contribution in [1.29, 1.82) is 0 Å². The van der Waals surface area contributed by atoms with Gasteiger partial charge in [0.2, 0.25) is 15.9 Å². The van der Waals surface area contributed by atoms with Gasteiger partial charge in [-0.2, -0.15) is 0 Å². The largest absolute Gasteiger partial charge is 0.495 e. The summed E-state index contributed by atoms with van der Waals surface area (Å²) in [4.78, 5) is -0.0443. The van der Waals surface area contributed by atoms with Crippen molar-refractivity contribution in [3.63, 3.8) is 0 Å². The molecule has 0 fully saturated rings. The lowest BCUT2D eigenvalue weighted by Gasteiger charge is -2.07. The summed E-state index contributed by atoms with van der Waals surface area (Å²) in [6.45, 7) is -0.257. The number of rotatable bonds is 6. The Morgan fingerprint density at radius 2 is 2.00 bits per heavy atom. The van der Waals surface area contributed by atoms with E-state index >= 15 is 0 Å². The van der Waals surface area contributed by atoms with Crippen LogP contribution in [-0.4, -0.2) is 25.7 Å². The van der Waals surface area contributed by atoms with Gasteiger partial charge in [0, 0.05) is 0 Å². The van der Waals surface area contributed by atoms with Gasteiger partial charge in [-0.15, -0.1) is 10.2 Å². The molecule has 10 heteroatoms. The van der Waals surface area contributed by atoms with Crippen LogP contribution in [0.5, 0.6) is 5.75 Å². The Kier molecular flexibility index (Phi) is 5.21. The molecule has 0 spiro atoms. The van der Waals surface area contributed by atoms with Crippen molar-refractivity contribution >= 4 is 21.6 Å². The van der Waals surface area contributed by atoms with Gasteiger partial charge in [-0.3, -0.25) is 0 Å². The monoisotopic (exact) mass is 397 g/mol. The van der Waals surface area contributed by atoms with Gasteiger partial charge in [0.1, 0.15) is 11.6 Å². The van der Waals surface area contributed by atoms with Crippen LogP contribution in [0.2, 0.25) is 5.02 Å². The topological polar surface area (TPSA) is 94.3 Å². The molecule has 0 amide bonds. The van der Waals surface area contributed by atoms with E-state index in [0.29, 0.717) is 5.75 Å². The minimum Gasteiger partial charge on any atom is -0.495 e. The number of ether oxygens (including phenoxy) is 1. The number of aromatic nitrogens is 2. The maximum atomic E-state index is 13.7. The Labute approximate surface area is 153 Å². The number of nitrogens with zero attached hydrogens (tertiary/aromatic N) is 2. The third kappa shape index (κ3) is 3.85. The summed E-state index contributed by atoms with van der Waals surface area (Å²) in [6, 6.07) is 9.96. The van der Waals surface area contributed by atoms with Crippen LogP contribution in [0.1, 0.15) is 5.89 Å². The first-order chi connectivity index (χ1) is 12.4. The van der Waals surface area contributed by atoms with Crippen LogP contribution < -0.4 is 9.46 Å². The standard InChI is InChI=1S/C16H13ClFN3O4S/c1-24-14-7-6-10(8-12(14)17)26(22,23)19-9-15-20-21-16(25-15)11-4-2-3-5-13(11)18/h2-8,19H,9H2,1H3. The maximum Gasteiger partial charge on any atom is 0.250 e. The van der Waals surface area contributed by atoms with Crippen molar-refractivity contribution < 1.29 is 22.0 Å². The minimum atomic E-state index is -3.86. The number of benzene rings is 2. The highest BCUT2D eigenvalue weighted by Crippen LogP contribution is 2.27. The molecule has 3 aromatic rings. The van der Waals surface area contributed by atoms with E-state index in [1.54, 1.807) is 6.07 Å². The van der Waals surface area contributed by atoms with Gasteiger partial charge in [-0.1, -0.05) is 23.7 Å². The molecule has 1 heterocycles. The summed E-state index contributed by atoms with van der Waals surface area (Å²) in [5.41, 5.74) is 0.135. The van der Waals surface area contributed by atoms with Crippen molar-refractivity contribution in [2.24, 2.45) is 0 Å². The van der Waals surface area contributed by atoms with E-state index in [1.165, 1.54) is 43.5 Å². The quantitative estimate of drug-likeness (QED) is 0.687. The SMILES string of the molecule is COc1ccc(S(=O)(=O)NCc2nnc(-c3ccccc3F)o2)cc1Cl. The molecule has 0 aliphatic carbocycles. The molecule has 1 aromatic heterocycles. The normalized spacial score (nSPS) is 11.5. The molecular formula is C16H13ClFN3O4S. The first-order valence-corrected chi connectivity index (χ1v) is 9.17. The highest BCUT2D eigenvalue weighted by molar-refractivity contribution is 7.89. The van der Waals surface area contributed by atoms with Gasteiger partial charge in [-0.05, 0) is 30.3 Å². The number of halogens is 2. The zero-order chi connectivity index (χ0) is 18.7. The average Bonchev–Trinajstić information content (AvgIpc) is 3.09. The fourth-order valence-corrected chi connectivity index (χ4v) is 3.45. The van der Waals surface area contributed by atoms with Crippen LogP contribution in [0.4, 0.5) is 4.39 Å². The molecule has 26 heavy (non-hydrogen) atoms. The molecule has 0 saturated heterocycles. The van der Waals surface area contributed by atoms with Crippen LogP contribution in [0.3, 0.4) is 0 Å². The van der Waals surface area contributed by atoms with Gasteiger partial charge >= 0.3 is 0 Å². The second-order valence-electron chi connectivity index (χ2n) is 5.10. The van der Waals surface area contributed by atoms with Crippen molar-refractivity contribution in [2.75, 3.05) is 7.11 Å². The van der Waals surface area contributed by atoms with E-state index < -0.39 is 15.8 Å². The van der Waals surface area contributed by atoms with Crippen molar-refractivity contribution in [2.45, 2.75) is 11.4 Å². The van der Waals surface area contributed by atoms with Crippen molar-refractivity contribution in [1.82, 2.24) is 14.9 Å². The molecule has 0 atom stereocenters. The lowest BCUT2D eigenvalue weighted by atomic mass is 10.2. The number of hydrogen-bond donors (Lipinski definition) is 1. The molecule has 0 aliphatic rings. The van der Waals surface area contributed by atoms with Gasteiger partial charge in [0.05, 0.1) is 29.1 Å². The fourth-order valence-electron chi connectivity index (χ4n) is 2.12. The molecule has 0 saturated carbocycles. The van der Waals surface area contributed by atoms with E-state index in [0.717, 1.165) is 0 Å². The zero-order valence-electron chi connectivity index (χ0n) is 13.4. The van der Waals surface area contributed by atoms with Crippen LogP contribution in [0.25, 0.3) is 11.5 Å². The Hall–Kier alpha value is -2.49. The van der Waals surface area contributed by atoms with Gasteiger partial charge in [-0.25, -0.2) is 17.5 Å². The lowest BCUT2D eigenvalue weighted by Crippen LogP contribution is -2.23. The average molecular weight is 398 g/mol. The van der Waals surface area contributed by atoms with Gasteiger partial charge < -0.3 is 9.15 Å². The molecule has 0 unspecified atom stereocenters. The second kappa shape index (κ2) is 7.40. The van der Waals surface area contributed by atoms with Crippen molar-refractivity contribution in [3.8, 4) is 17.2 Å². The van der Waals surface area contributed by atoms with Crippen LogP contribution in [0.15, 0.2) is 51.8 Å². The van der Waals surface area contributed by atoms with Gasteiger partial charge in [0.25, 0.3) is 5.89 Å². The molecule has 3 rings (SSSR count). The summed E-state index contributed by atoms with van der Waals surface area (Å²) < 4.78 is 51.0. The van der Waals surface area contributed by atoms with E-state index in [9.17, 15) is 12.8 Å². The third-order valence-corrected chi connectivity index (χ3v) is 5.11. The summed E-state index contributed by atoms with van der Waals surface area (Å²) >= 11 is 5.95. The fraction of sp³-hybridized carbons (Fsp3) is 0.125. The highest BCUT2D eigenvalue weighted by atomic mass is 35.5. The van der Waals surface area contributed by atoms with E-state index in [-0.39, 0.29) is 33.8 Å². The first kappa shape index (κ1) is 18.3. The minimum absolute atomic E-state index is 0.00793. The number of methoxy groups -OCH3 is 1. The summed E-state index contributed by atoms with van der Waals surface area (Å²) in [5.74, 6) is -0.204. The molecule has 7 nitrogen and oxygen atoms in total. The van der Waals surface area contributed by atoms with E-state index in [2.05, 4.69) is 14.9 Å². The van der Waals surface area contributed by atoms with Crippen LogP contribution >= 0.6 is 11.6 Å². The predicted molar refractivity (Wildman–Crippen MR) is 91.7 cm³/mol. The molecule has 0 aliphatic heterocycles. The summed E-state index contributed by atoms with van der Waals surface area (Å²) in [6.07, 6.45) is 0. The van der Waals surface area contributed by atoms with Crippen LogP contribution in [-0.2, 0) is 16.6 Å². The Balaban J connectivity index is 1.75. The summed E-state index contributed by atoms with van der Waals surface area (Å²) in [5, 5.41) is 7.61. The Morgan fingerprint density at radius 3 is 2.69 bits per heavy atom. The van der Waals surface area contributed by atoms with Crippen LogP contribution in [0, 0.1) is 5.82 Å². The maximum absolute atomic E-state index is 13.7. The molecular weight excluding hydrogens is 385 g/mol. The highest BCUT2D eigenvalue weighted by Gasteiger charge is 2.18. The third-order valence-electron chi connectivity index (χ3n) is 3.42. The summed E-state index contributed by atoms with van der Waals surface area (Å²) in [7, 11) is -2.43. The Morgan fingerprint density at radius 1 is 1.23 bits per heavy atom. The number of sulfonamides is 1. The lowest BCUT2D eigenvalue weighted by molar-refractivity contribution is 0.414. The number of nitrogens with one attached hydrogen (secondary N) is 1. The van der Waals surface area contributed by atoms with Crippen molar-refractivity contribution in [3.05, 3.63) is 59.2 Å². The predicted octanol–water partition coefficient (Wildman–Crippen LogP) is 3.02. The zero-order valence-corrected chi connectivity index (χ0v) is 15.0. The van der Waals surface area contributed by atoms with E-state index in [1.807, 2.05) is 0 Å². The molecule has 1 N–H and O–H groups in total. The van der Waals surface area contributed by atoms with Gasteiger partial charge in [0.15, 0.2) is 0 Å². The second-order valence-corrected chi connectivity index (χ2v) is 7.28.